The van der Waals surface area contributed by atoms with E-state index >= 15 is 0 Å². The molecule has 5 nitrogen and oxygen atoms in total. The van der Waals surface area contributed by atoms with Crippen molar-refractivity contribution in [3.05, 3.63) is 34.9 Å². The van der Waals surface area contributed by atoms with E-state index in [9.17, 15) is 4.79 Å². The van der Waals surface area contributed by atoms with Gasteiger partial charge < -0.3 is 15.5 Å². The Morgan fingerprint density at radius 2 is 1.92 bits per heavy atom. The molecule has 0 aliphatic heterocycles. The third-order valence-corrected chi connectivity index (χ3v) is 3.70. The van der Waals surface area contributed by atoms with Crippen molar-refractivity contribution in [3.8, 4) is 0 Å². The molecule has 142 valence electrons. The van der Waals surface area contributed by atoms with E-state index in [0.29, 0.717) is 5.96 Å². The monoisotopic (exact) mass is 480 g/mol. The molecule has 0 saturated carbocycles. The highest BCUT2D eigenvalue weighted by atomic mass is 127. The van der Waals surface area contributed by atoms with Gasteiger partial charge in [0.1, 0.15) is 0 Å². The number of nitrogens with one attached hydrogen (secondary N) is 2. The van der Waals surface area contributed by atoms with Crippen LogP contribution in [-0.2, 0) is 11.2 Å². The lowest BCUT2D eigenvalue weighted by Crippen LogP contribution is -2.48. The molecule has 0 aromatic heterocycles. The molecule has 25 heavy (non-hydrogen) atoms. The second kappa shape index (κ2) is 11.6. The van der Waals surface area contributed by atoms with Crippen molar-refractivity contribution in [2.45, 2.75) is 39.2 Å². The summed E-state index contributed by atoms with van der Waals surface area (Å²) in [5.41, 5.74) is 0.915. The van der Waals surface area contributed by atoms with Gasteiger partial charge in [-0.05, 0) is 45.2 Å². The molecule has 7 heteroatoms. The summed E-state index contributed by atoms with van der Waals surface area (Å²) < 4.78 is 0. The molecule has 0 heterocycles. The summed E-state index contributed by atoms with van der Waals surface area (Å²) in [4.78, 5) is 18.0. The van der Waals surface area contributed by atoms with E-state index in [1.54, 1.807) is 7.05 Å². The maximum absolute atomic E-state index is 12.0. The third-order valence-electron chi connectivity index (χ3n) is 3.33. The number of halogens is 2. The zero-order valence-corrected chi connectivity index (χ0v) is 18.8. The van der Waals surface area contributed by atoms with Crippen molar-refractivity contribution < 1.29 is 4.79 Å². The Morgan fingerprint density at radius 1 is 1.28 bits per heavy atom. The van der Waals surface area contributed by atoms with Crippen LogP contribution in [0, 0.1) is 0 Å². The first kappa shape index (κ1) is 24.0. The molecule has 0 atom stereocenters. The zero-order chi connectivity index (χ0) is 18.2. The van der Waals surface area contributed by atoms with Crippen LogP contribution >= 0.6 is 35.6 Å². The minimum atomic E-state index is -0.232. The molecule has 1 aromatic carbocycles. The van der Waals surface area contributed by atoms with Gasteiger partial charge >= 0.3 is 0 Å². The van der Waals surface area contributed by atoms with Gasteiger partial charge in [0.15, 0.2) is 5.96 Å². The van der Waals surface area contributed by atoms with E-state index in [-0.39, 0.29) is 42.0 Å². The van der Waals surface area contributed by atoms with Crippen LogP contribution in [0.1, 0.15) is 32.8 Å². The molecule has 0 bridgehead atoms. The van der Waals surface area contributed by atoms with Gasteiger partial charge in [-0.1, -0.05) is 29.8 Å². The Balaban J connectivity index is 0.00000576. The van der Waals surface area contributed by atoms with Crippen molar-refractivity contribution in [2.24, 2.45) is 4.99 Å². The zero-order valence-electron chi connectivity index (χ0n) is 15.7. The van der Waals surface area contributed by atoms with Crippen LogP contribution in [0.4, 0.5) is 0 Å². The second-order valence-electron chi connectivity index (χ2n) is 6.82. The van der Waals surface area contributed by atoms with E-state index in [4.69, 9.17) is 11.6 Å². The van der Waals surface area contributed by atoms with Gasteiger partial charge in [0.2, 0.25) is 5.91 Å². The van der Waals surface area contributed by atoms with Crippen molar-refractivity contribution in [1.82, 2.24) is 15.5 Å². The Morgan fingerprint density at radius 3 is 2.48 bits per heavy atom. The SMILES string of the molecule is CN=C(NCCCc1ccccc1Cl)N(C)CC(=O)NC(C)(C)C.I. The average Bonchev–Trinajstić information content (AvgIpc) is 2.46. The molecule has 0 spiro atoms. The van der Waals surface area contributed by atoms with Crippen molar-refractivity contribution in [1.29, 1.82) is 0 Å². The Kier molecular flexibility index (Phi) is 11.1. The summed E-state index contributed by atoms with van der Waals surface area (Å²) in [6, 6.07) is 7.88. The van der Waals surface area contributed by atoms with Gasteiger partial charge in [0.05, 0.1) is 6.54 Å². The molecule has 0 aliphatic carbocycles. The van der Waals surface area contributed by atoms with Gasteiger partial charge in [-0.2, -0.15) is 0 Å². The molecule has 0 unspecified atom stereocenters. The summed E-state index contributed by atoms with van der Waals surface area (Å²) in [7, 11) is 3.57. The van der Waals surface area contributed by atoms with E-state index in [1.165, 1.54) is 0 Å². The molecular formula is C18H30ClIN4O. The number of nitrogens with zero attached hydrogens (tertiary/aromatic N) is 2. The third kappa shape index (κ3) is 9.89. The normalized spacial score (nSPS) is 11.5. The number of hydrogen-bond acceptors (Lipinski definition) is 2. The Labute approximate surface area is 173 Å². The van der Waals surface area contributed by atoms with Crippen LogP contribution in [0.3, 0.4) is 0 Å². The highest BCUT2D eigenvalue weighted by Crippen LogP contribution is 2.16. The highest BCUT2D eigenvalue weighted by molar-refractivity contribution is 14.0. The molecule has 1 rings (SSSR count). The number of rotatable bonds is 6. The van der Waals surface area contributed by atoms with Gasteiger partial charge in [-0.3, -0.25) is 9.79 Å². The number of aliphatic imine (C=N–C) groups is 1. The van der Waals surface area contributed by atoms with Gasteiger partial charge in [0, 0.05) is 31.2 Å². The Hall–Kier alpha value is -1.02. The van der Waals surface area contributed by atoms with E-state index < -0.39 is 0 Å². The Bertz CT molecular complexity index is 572. The van der Waals surface area contributed by atoms with Crippen LogP contribution in [0.2, 0.25) is 5.02 Å². The standard InChI is InChI=1S/C18H29ClN4O.HI/c1-18(2,3)22-16(24)13-23(5)17(20-4)21-12-8-10-14-9-6-7-11-15(14)19;/h6-7,9,11H,8,10,12-13H2,1-5H3,(H,20,21)(H,22,24);1H. The van der Waals surface area contributed by atoms with Crippen LogP contribution < -0.4 is 10.6 Å². The lowest BCUT2D eigenvalue weighted by Gasteiger charge is -2.25. The molecule has 1 aromatic rings. The minimum Gasteiger partial charge on any atom is -0.356 e. The first-order chi connectivity index (χ1) is 11.2. The molecule has 1 amide bonds. The summed E-state index contributed by atoms with van der Waals surface area (Å²) in [6.07, 6.45) is 1.84. The minimum absolute atomic E-state index is 0. The number of guanidine groups is 1. The molecule has 0 fully saturated rings. The summed E-state index contributed by atoms with van der Waals surface area (Å²) in [5, 5.41) is 7.03. The second-order valence-corrected chi connectivity index (χ2v) is 7.23. The summed E-state index contributed by atoms with van der Waals surface area (Å²) in [5.74, 6) is 0.683. The number of likely N-dealkylation sites (N-methyl/N-ethyl adjacent to an activating group) is 1. The first-order valence-electron chi connectivity index (χ1n) is 8.19. The quantitative estimate of drug-likeness (QED) is 0.284. The fourth-order valence-electron chi connectivity index (χ4n) is 2.31. The van der Waals surface area contributed by atoms with E-state index in [0.717, 1.165) is 30.0 Å². The smallest absolute Gasteiger partial charge is 0.240 e. The average molecular weight is 481 g/mol. The molecule has 0 radical (unpaired) electrons. The van der Waals surface area contributed by atoms with Crippen LogP contribution in [0.15, 0.2) is 29.3 Å². The van der Waals surface area contributed by atoms with Crippen molar-refractivity contribution in [3.63, 3.8) is 0 Å². The largest absolute Gasteiger partial charge is 0.356 e. The topological polar surface area (TPSA) is 56.7 Å². The molecule has 0 saturated heterocycles. The molecule has 2 N–H and O–H groups in total. The van der Waals surface area contributed by atoms with Gasteiger partial charge in [-0.15, -0.1) is 24.0 Å². The number of aryl methyl sites for hydroxylation is 1. The van der Waals surface area contributed by atoms with Gasteiger partial charge in [0.25, 0.3) is 0 Å². The van der Waals surface area contributed by atoms with E-state index in [1.807, 2.05) is 57.0 Å². The fourth-order valence-corrected chi connectivity index (χ4v) is 2.54. The summed E-state index contributed by atoms with van der Waals surface area (Å²) >= 11 is 6.16. The van der Waals surface area contributed by atoms with Crippen molar-refractivity contribution in [2.75, 3.05) is 27.2 Å². The summed E-state index contributed by atoms with van der Waals surface area (Å²) in [6.45, 7) is 6.93. The number of benzene rings is 1. The maximum Gasteiger partial charge on any atom is 0.240 e. The predicted octanol–water partition coefficient (Wildman–Crippen LogP) is 3.31. The number of amides is 1. The lowest BCUT2D eigenvalue weighted by atomic mass is 10.1. The first-order valence-corrected chi connectivity index (χ1v) is 8.57. The van der Waals surface area contributed by atoms with Crippen LogP contribution in [0.25, 0.3) is 0 Å². The van der Waals surface area contributed by atoms with Crippen LogP contribution in [0.5, 0.6) is 0 Å². The molecule has 0 aliphatic rings. The van der Waals surface area contributed by atoms with Crippen molar-refractivity contribution >= 4 is 47.4 Å². The predicted molar refractivity (Wildman–Crippen MR) is 117 cm³/mol. The number of carbonyl (C=O) groups is 1. The van der Waals surface area contributed by atoms with Crippen LogP contribution in [-0.4, -0.2) is 49.5 Å². The lowest BCUT2D eigenvalue weighted by molar-refractivity contribution is -0.122. The number of carbonyl (C=O) groups excluding carboxylic acids is 1. The highest BCUT2D eigenvalue weighted by Gasteiger charge is 2.16. The molecular weight excluding hydrogens is 451 g/mol. The van der Waals surface area contributed by atoms with Gasteiger partial charge in [-0.25, -0.2) is 0 Å². The maximum atomic E-state index is 12.0. The van der Waals surface area contributed by atoms with E-state index in [2.05, 4.69) is 15.6 Å². The fraction of sp³-hybridized carbons (Fsp3) is 0.556. The number of hydrogen-bond donors (Lipinski definition) is 2.